The zero-order chi connectivity index (χ0) is 17.2. The highest BCUT2D eigenvalue weighted by Crippen LogP contribution is 2.32. The average Bonchev–Trinajstić information content (AvgIpc) is 3.11. The molecular formula is C19H17ClN4O. The van der Waals surface area contributed by atoms with Gasteiger partial charge in [0.2, 0.25) is 5.95 Å². The van der Waals surface area contributed by atoms with Crippen LogP contribution in [0.2, 0.25) is 5.02 Å². The van der Waals surface area contributed by atoms with Crippen LogP contribution in [0.25, 0.3) is 5.70 Å². The standard InChI is InChI=1S/C19H17ClN4O/c1-2-25-16-9-5-14(6-10-16)18-11-17(13-3-7-15(20)8-4-13)23-19-21-12-22-24(18)19/h3-12,18H,2H2,1H3,(H,21,22,23)/t18-/m1/s1. The second kappa shape index (κ2) is 6.61. The maximum atomic E-state index is 6.00. The quantitative estimate of drug-likeness (QED) is 0.756. The first-order valence-electron chi connectivity index (χ1n) is 8.11. The minimum Gasteiger partial charge on any atom is -0.494 e. The van der Waals surface area contributed by atoms with E-state index in [1.807, 2.05) is 48.0 Å². The van der Waals surface area contributed by atoms with E-state index in [4.69, 9.17) is 16.3 Å². The van der Waals surface area contributed by atoms with Crippen molar-refractivity contribution in [2.24, 2.45) is 0 Å². The Hall–Kier alpha value is -2.79. The van der Waals surface area contributed by atoms with Gasteiger partial charge in [0.1, 0.15) is 18.1 Å². The fraction of sp³-hybridized carbons (Fsp3) is 0.158. The first-order valence-corrected chi connectivity index (χ1v) is 8.49. The van der Waals surface area contributed by atoms with Crippen LogP contribution in [-0.4, -0.2) is 21.4 Å². The fourth-order valence-corrected chi connectivity index (χ4v) is 3.02. The SMILES string of the molecule is CCOc1ccc([C@H]2C=C(c3ccc(Cl)cc3)Nc3ncnn32)cc1. The molecule has 126 valence electrons. The molecule has 0 spiro atoms. The van der Waals surface area contributed by atoms with Crippen molar-refractivity contribution in [3.63, 3.8) is 0 Å². The van der Waals surface area contributed by atoms with Crippen molar-refractivity contribution in [3.05, 3.63) is 77.1 Å². The minimum absolute atomic E-state index is 0.0416. The fourth-order valence-electron chi connectivity index (χ4n) is 2.90. The van der Waals surface area contributed by atoms with Gasteiger partial charge in [0.15, 0.2) is 0 Å². The molecule has 0 aliphatic carbocycles. The van der Waals surface area contributed by atoms with E-state index in [0.717, 1.165) is 22.6 Å². The zero-order valence-electron chi connectivity index (χ0n) is 13.7. The van der Waals surface area contributed by atoms with Crippen LogP contribution < -0.4 is 10.1 Å². The van der Waals surface area contributed by atoms with Gasteiger partial charge in [-0.25, -0.2) is 4.68 Å². The van der Waals surface area contributed by atoms with E-state index in [1.165, 1.54) is 0 Å². The summed E-state index contributed by atoms with van der Waals surface area (Å²) < 4.78 is 7.40. The second-order valence-electron chi connectivity index (χ2n) is 5.69. The van der Waals surface area contributed by atoms with Gasteiger partial charge in [0.05, 0.1) is 6.61 Å². The van der Waals surface area contributed by atoms with Crippen molar-refractivity contribution in [1.82, 2.24) is 14.8 Å². The number of aromatic nitrogens is 3. The van der Waals surface area contributed by atoms with Crippen molar-refractivity contribution < 1.29 is 4.74 Å². The molecular weight excluding hydrogens is 336 g/mol. The van der Waals surface area contributed by atoms with E-state index in [2.05, 4.69) is 33.6 Å². The molecule has 0 radical (unpaired) electrons. The first-order chi connectivity index (χ1) is 12.2. The maximum Gasteiger partial charge on any atom is 0.226 e. The van der Waals surface area contributed by atoms with Crippen LogP contribution in [0.15, 0.2) is 60.9 Å². The van der Waals surface area contributed by atoms with E-state index in [0.29, 0.717) is 17.6 Å². The van der Waals surface area contributed by atoms with Crippen LogP contribution in [-0.2, 0) is 0 Å². The average molecular weight is 353 g/mol. The highest BCUT2D eigenvalue weighted by molar-refractivity contribution is 6.30. The van der Waals surface area contributed by atoms with Crippen molar-refractivity contribution in [2.75, 3.05) is 11.9 Å². The van der Waals surface area contributed by atoms with Crippen LogP contribution in [0.5, 0.6) is 5.75 Å². The summed E-state index contributed by atoms with van der Waals surface area (Å²) in [7, 11) is 0. The molecule has 1 atom stereocenters. The Labute approximate surface area is 150 Å². The molecule has 25 heavy (non-hydrogen) atoms. The van der Waals surface area contributed by atoms with E-state index in [1.54, 1.807) is 6.33 Å². The third-order valence-corrected chi connectivity index (χ3v) is 4.35. The van der Waals surface area contributed by atoms with Gasteiger partial charge in [0, 0.05) is 10.7 Å². The van der Waals surface area contributed by atoms with E-state index in [-0.39, 0.29) is 6.04 Å². The molecule has 1 aliphatic rings. The third kappa shape index (κ3) is 3.10. The predicted molar refractivity (Wildman–Crippen MR) is 98.8 cm³/mol. The summed E-state index contributed by atoms with van der Waals surface area (Å²) in [6.45, 7) is 2.63. The Balaban J connectivity index is 1.73. The highest BCUT2D eigenvalue weighted by atomic mass is 35.5. The maximum absolute atomic E-state index is 6.00. The van der Waals surface area contributed by atoms with Gasteiger partial charge >= 0.3 is 0 Å². The number of nitrogens with zero attached hydrogens (tertiary/aromatic N) is 3. The molecule has 0 amide bonds. The minimum atomic E-state index is -0.0416. The van der Waals surface area contributed by atoms with Crippen LogP contribution in [0, 0.1) is 0 Å². The molecule has 1 N–H and O–H groups in total. The molecule has 2 heterocycles. The zero-order valence-corrected chi connectivity index (χ0v) is 14.4. The summed E-state index contributed by atoms with van der Waals surface area (Å²) in [5.74, 6) is 1.58. The van der Waals surface area contributed by atoms with Crippen LogP contribution in [0.3, 0.4) is 0 Å². The number of ether oxygens (including phenoxy) is 1. The summed E-state index contributed by atoms with van der Waals surface area (Å²) in [5.41, 5.74) is 3.15. The van der Waals surface area contributed by atoms with E-state index in [9.17, 15) is 0 Å². The van der Waals surface area contributed by atoms with Gasteiger partial charge in [-0.05, 0) is 48.4 Å². The summed E-state index contributed by atoms with van der Waals surface area (Å²) in [4.78, 5) is 4.32. The molecule has 0 unspecified atom stereocenters. The van der Waals surface area contributed by atoms with Gasteiger partial charge in [-0.1, -0.05) is 35.9 Å². The second-order valence-corrected chi connectivity index (χ2v) is 6.12. The molecule has 0 bridgehead atoms. The lowest BCUT2D eigenvalue weighted by atomic mass is 10.0. The monoisotopic (exact) mass is 352 g/mol. The Morgan fingerprint density at radius 1 is 1.12 bits per heavy atom. The number of benzene rings is 2. The molecule has 6 heteroatoms. The van der Waals surface area contributed by atoms with Crippen molar-refractivity contribution in [1.29, 1.82) is 0 Å². The Morgan fingerprint density at radius 3 is 2.60 bits per heavy atom. The number of rotatable bonds is 4. The van der Waals surface area contributed by atoms with Crippen LogP contribution >= 0.6 is 11.6 Å². The molecule has 0 saturated heterocycles. The molecule has 0 saturated carbocycles. The summed E-state index contributed by atoms with van der Waals surface area (Å²) in [6, 6.07) is 15.8. The van der Waals surface area contributed by atoms with E-state index < -0.39 is 0 Å². The normalized spacial score (nSPS) is 15.9. The van der Waals surface area contributed by atoms with Crippen LogP contribution in [0.1, 0.15) is 24.1 Å². The molecule has 4 rings (SSSR count). The molecule has 3 aromatic rings. The van der Waals surface area contributed by atoms with Crippen LogP contribution in [0.4, 0.5) is 5.95 Å². The lowest BCUT2D eigenvalue weighted by Crippen LogP contribution is -2.20. The molecule has 0 fully saturated rings. The van der Waals surface area contributed by atoms with Crippen molar-refractivity contribution in [2.45, 2.75) is 13.0 Å². The molecule has 1 aromatic heterocycles. The Bertz CT molecular complexity index is 900. The summed E-state index contributed by atoms with van der Waals surface area (Å²) >= 11 is 6.00. The van der Waals surface area contributed by atoms with Gasteiger partial charge in [-0.2, -0.15) is 10.1 Å². The summed E-state index contributed by atoms with van der Waals surface area (Å²) in [6.07, 6.45) is 3.70. The number of allylic oxidation sites excluding steroid dienone is 1. The number of halogens is 1. The van der Waals surface area contributed by atoms with Gasteiger partial charge in [0.25, 0.3) is 0 Å². The smallest absolute Gasteiger partial charge is 0.226 e. The van der Waals surface area contributed by atoms with Crippen molar-refractivity contribution in [3.8, 4) is 5.75 Å². The lowest BCUT2D eigenvalue weighted by Gasteiger charge is -2.24. The van der Waals surface area contributed by atoms with Gasteiger partial charge in [-0.3, -0.25) is 0 Å². The number of hydrogen-bond acceptors (Lipinski definition) is 4. The number of fused-ring (bicyclic) bond motifs is 1. The number of anilines is 1. The van der Waals surface area contributed by atoms with Crippen molar-refractivity contribution >= 4 is 23.2 Å². The van der Waals surface area contributed by atoms with Gasteiger partial charge in [-0.15, -0.1) is 0 Å². The predicted octanol–water partition coefficient (Wildman–Crippen LogP) is 4.39. The Kier molecular flexibility index (Phi) is 4.15. The first kappa shape index (κ1) is 15.7. The van der Waals surface area contributed by atoms with E-state index >= 15 is 0 Å². The van der Waals surface area contributed by atoms with Gasteiger partial charge < -0.3 is 10.1 Å². The summed E-state index contributed by atoms with van der Waals surface area (Å²) in [5, 5.41) is 8.40. The molecule has 1 aliphatic heterocycles. The lowest BCUT2D eigenvalue weighted by molar-refractivity contribution is 0.340. The largest absolute Gasteiger partial charge is 0.494 e. The molecule has 5 nitrogen and oxygen atoms in total. The number of nitrogens with one attached hydrogen (secondary N) is 1. The topological polar surface area (TPSA) is 52.0 Å². The molecule has 2 aromatic carbocycles. The third-order valence-electron chi connectivity index (χ3n) is 4.10. The Morgan fingerprint density at radius 2 is 1.88 bits per heavy atom. The number of hydrogen-bond donors (Lipinski definition) is 1. The highest BCUT2D eigenvalue weighted by Gasteiger charge is 2.23.